The van der Waals surface area contributed by atoms with Crippen molar-refractivity contribution in [3.8, 4) is 23.3 Å². The molecule has 1 aliphatic rings. The number of methoxy groups -OCH3 is 2. The fraction of sp³-hybridized carbons (Fsp3) is 0.357. The second kappa shape index (κ2) is 11.5. The zero-order chi connectivity index (χ0) is 25.5. The van der Waals surface area contributed by atoms with Crippen molar-refractivity contribution in [2.24, 2.45) is 10.7 Å². The zero-order valence-electron chi connectivity index (χ0n) is 21.2. The van der Waals surface area contributed by atoms with Gasteiger partial charge in [-0.05, 0) is 51.8 Å². The van der Waals surface area contributed by atoms with Gasteiger partial charge in [-0.3, -0.25) is 4.79 Å². The molecular weight excluding hydrogens is 440 g/mol. The summed E-state index contributed by atoms with van der Waals surface area (Å²) in [5, 5.41) is 1.85. The second-order valence-corrected chi connectivity index (χ2v) is 8.56. The maximum absolute atomic E-state index is 12.0. The number of aliphatic imine (C=N–C) groups is 1. The summed E-state index contributed by atoms with van der Waals surface area (Å²) >= 11 is 0. The van der Waals surface area contributed by atoms with E-state index in [0.29, 0.717) is 30.4 Å². The van der Waals surface area contributed by atoms with Crippen molar-refractivity contribution in [3.63, 3.8) is 0 Å². The number of nitrogens with zero attached hydrogens (tertiary/aromatic N) is 3. The fourth-order valence-corrected chi connectivity index (χ4v) is 4.39. The molecule has 35 heavy (non-hydrogen) atoms. The van der Waals surface area contributed by atoms with Crippen molar-refractivity contribution >= 4 is 23.5 Å². The molecule has 7 nitrogen and oxygen atoms in total. The molecule has 2 aromatic rings. The molecule has 2 N–H and O–H groups in total. The first-order valence-corrected chi connectivity index (χ1v) is 11.7. The molecule has 7 heteroatoms. The predicted octanol–water partition coefficient (Wildman–Crippen LogP) is 2.56. The average Bonchev–Trinajstić information content (AvgIpc) is 3.27. The summed E-state index contributed by atoms with van der Waals surface area (Å²) < 4.78 is 13.0. The molecule has 0 radical (unpaired) electrons. The van der Waals surface area contributed by atoms with E-state index in [2.05, 4.69) is 48.0 Å². The average molecular weight is 475 g/mol. The van der Waals surface area contributed by atoms with Gasteiger partial charge in [0, 0.05) is 43.2 Å². The van der Waals surface area contributed by atoms with Gasteiger partial charge in [-0.2, -0.15) is 0 Å². The van der Waals surface area contributed by atoms with Crippen molar-refractivity contribution in [2.45, 2.75) is 39.7 Å². The van der Waals surface area contributed by atoms with E-state index < -0.39 is 0 Å². The van der Waals surface area contributed by atoms with Crippen LogP contribution in [-0.4, -0.2) is 48.9 Å². The molecule has 1 fully saturated rings. The first-order valence-electron chi connectivity index (χ1n) is 11.7. The highest BCUT2D eigenvalue weighted by Crippen LogP contribution is 2.23. The number of nitrogens with two attached hydrogens (primary N) is 1. The molecule has 0 atom stereocenters. The van der Waals surface area contributed by atoms with Crippen LogP contribution in [0.4, 0.5) is 0 Å². The van der Waals surface area contributed by atoms with E-state index in [4.69, 9.17) is 15.2 Å². The van der Waals surface area contributed by atoms with Crippen LogP contribution in [0.2, 0.25) is 0 Å². The highest BCUT2D eigenvalue weighted by atomic mass is 16.5. The number of likely N-dealkylation sites (tertiary alicyclic amines) is 1. The second-order valence-electron chi connectivity index (χ2n) is 8.56. The molecule has 184 valence electrons. The predicted molar refractivity (Wildman–Crippen MR) is 141 cm³/mol. The Hall–Kier alpha value is -3.92. The van der Waals surface area contributed by atoms with Crippen LogP contribution in [0.3, 0.4) is 0 Å². The summed E-state index contributed by atoms with van der Waals surface area (Å²) in [5.41, 5.74) is 9.14. The number of rotatable bonds is 5. The minimum absolute atomic E-state index is 0.0229. The monoisotopic (exact) mass is 474 g/mol. The molecule has 1 amide bonds. The number of carbonyl (C=O) groups is 1. The summed E-state index contributed by atoms with van der Waals surface area (Å²) in [6.07, 6.45) is 6.81. The molecule has 1 aromatic heterocycles. The number of piperidine rings is 1. The molecular formula is C28H34N4O3. The summed E-state index contributed by atoms with van der Waals surface area (Å²) in [6, 6.07) is 5.77. The Bertz CT molecular complexity index is 1290. The largest absolute Gasteiger partial charge is 0.497 e. The fourth-order valence-electron chi connectivity index (χ4n) is 4.39. The Kier molecular flexibility index (Phi) is 8.43. The van der Waals surface area contributed by atoms with Crippen LogP contribution in [-0.2, 0) is 4.79 Å². The minimum atomic E-state index is -0.0229. The van der Waals surface area contributed by atoms with Gasteiger partial charge in [0.2, 0.25) is 5.91 Å². The topological polar surface area (TPSA) is 82.1 Å². The van der Waals surface area contributed by atoms with Gasteiger partial charge in [0.15, 0.2) is 0 Å². The first-order chi connectivity index (χ1) is 16.8. The SMILES string of the molecule is C=CC(=O)N1CCC(n2cc(C#Cc3cc(OC)cc(OC)c3)/c(=C(\N)N=CC)c2=C(C)C)CC1. The van der Waals surface area contributed by atoms with E-state index in [0.717, 1.165) is 40.1 Å². The van der Waals surface area contributed by atoms with Crippen molar-refractivity contribution in [1.82, 2.24) is 9.47 Å². The summed E-state index contributed by atoms with van der Waals surface area (Å²) in [7, 11) is 3.23. The molecule has 0 bridgehead atoms. The van der Waals surface area contributed by atoms with Crippen LogP contribution >= 0.6 is 0 Å². The van der Waals surface area contributed by atoms with E-state index in [-0.39, 0.29) is 11.9 Å². The summed E-state index contributed by atoms with van der Waals surface area (Å²) in [5.74, 6) is 8.31. The van der Waals surface area contributed by atoms with Crippen LogP contribution in [0.5, 0.6) is 11.5 Å². The number of benzene rings is 1. The van der Waals surface area contributed by atoms with Gasteiger partial charge in [-0.15, -0.1) is 0 Å². The summed E-state index contributed by atoms with van der Waals surface area (Å²) in [6.45, 7) is 10.9. The third kappa shape index (κ3) is 5.78. The maximum Gasteiger partial charge on any atom is 0.245 e. The number of carbonyl (C=O) groups excluding carboxylic acids is 1. The van der Waals surface area contributed by atoms with Crippen molar-refractivity contribution in [3.05, 3.63) is 58.7 Å². The van der Waals surface area contributed by atoms with Crippen LogP contribution < -0.4 is 25.8 Å². The van der Waals surface area contributed by atoms with Gasteiger partial charge in [-0.25, -0.2) is 4.99 Å². The van der Waals surface area contributed by atoms with Crippen molar-refractivity contribution < 1.29 is 14.3 Å². The highest BCUT2D eigenvalue weighted by Gasteiger charge is 2.24. The number of amides is 1. The Morgan fingerprint density at radius 3 is 2.29 bits per heavy atom. The van der Waals surface area contributed by atoms with Gasteiger partial charge in [0.25, 0.3) is 0 Å². The van der Waals surface area contributed by atoms with E-state index >= 15 is 0 Å². The highest BCUT2D eigenvalue weighted by molar-refractivity contribution is 5.87. The number of hydrogen-bond donors (Lipinski definition) is 1. The molecule has 0 spiro atoms. The maximum atomic E-state index is 12.0. The first kappa shape index (κ1) is 25.7. The van der Waals surface area contributed by atoms with Gasteiger partial charge in [0.05, 0.1) is 30.4 Å². The lowest BCUT2D eigenvalue weighted by molar-refractivity contribution is -0.127. The van der Waals surface area contributed by atoms with Crippen LogP contribution in [0, 0.1) is 11.8 Å². The lowest BCUT2D eigenvalue weighted by atomic mass is 10.0. The smallest absolute Gasteiger partial charge is 0.245 e. The van der Waals surface area contributed by atoms with Crippen LogP contribution in [0.25, 0.3) is 11.4 Å². The Morgan fingerprint density at radius 1 is 1.14 bits per heavy atom. The normalized spacial score (nSPS) is 14.8. The lowest BCUT2D eigenvalue weighted by Gasteiger charge is -2.32. The minimum Gasteiger partial charge on any atom is -0.497 e. The molecule has 1 saturated heterocycles. The third-order valence-corrected chi connectivity index (χ3v) is 6.07. The van der Waals surface area contributed by atoms with Crippen molar-refractivity contribution in [1.29, 1.82) is 0 Å². The van der Waals surface area contributed by atoms with E-state index in [9.17, 15) is 4.79 Å². The van der Waals surface area contributed by atoms with Crippen LogP contribution in [0.15, 0.2) is 42.0 Å². The van der Waals surface area contributed by atoms with Crippen molar-refractivity contribution in [2.75, 3.05) is 27.3 Å². The van der Waals surface area contributed by atoms with Gasteiger partial charge < -0.3 is 24.7 Å². The molecule has 0 aliphatic carbocycles. The van der Waals surface area contributed by atoms with Gasteiger partial charge in [-0.1, -0.05) is 24.0 Å². The summed E-state index contributed by atoms with van der Waals surface area (Å²) in [4.78, 5) is 18.3. The Morgan fingerprint density at radius 2 is 1.77 bits per heavy atom. The van der Waals surface area contributed by atoms with Gasteiger partial charge in [0.1, 0.15) is 17.3 Å². The molecule has 1 aliphatic heterocycles. The van der Waals surface area contributed by atoms with E-state index in [1.807, 2.05) is 30.0 Å². The molecule has 1 aromatic carbocycles. The Balaban J connectivity index is 2.15. The number of hydrogen-bond acceptors (Lipinski definition) is 5. The van der Waals surface area contributed by atoms with Gasteiger partial charge >= 0.3 is 0 Å². The molecule has 3 rings (SSSR count). The standard InChI is InChI=1S/C28H34N4O3/c1-7-25(33)31-13-11-22(12-14-31)32-18-21(26(27(32)19(3)4)28(29)30-8-2)10-9-20-15-23(34-5)17-24(16-20)35-6/h7-8,15-18,22H,1,11-14,29H2,2-6H3/b28-26-,30-8?. The molecule has 2 heterocycles. The third-order valence-electron chi connectivity index (χ3n) is 6.07. The van der Waals surface area contributed by atoms with E-state index in [1.165, 1.54) is 6.08 Å². The number of ether oxygens (including phenoxy) is 2. The number of aromatic nitrogens is 1. The Labute approximate surface area is 207 Å². The van der Waals surface area contributed by atoms with E-state index in [1.54, 1.807) is 20.4 Å². The zero-order valence-corrected chi connectivity index (χ0v) is 21.2. The molecule has 0 saturated carbocycles. The lowest BCUT2D eigenvalue weighted by Crippen LogP contribution is -2.42. The quantitative estimate of drug-likeness (QED) is 0.410. The van der Waals surface area contributed by atoms with Crippen LogP contribution in [0.1, 0.15) is 50.8 Å². The molecule has 0 unspecified atom stereocenters.